The maximum absolute atomic E-state index is 12.2. The molecule has 1 saturated carbocycles. The Labute approximate surface area is 148 Å². The molecule has 5 heteroatoms. The second-order valence-electron chi connectivity index (χ2n) is 6.63. The van der Waals surface area contributed by atoms with Crippen molar-refractivity contribution in [3.05, 3.63) is 35.4 Å². The molecule has 1 amide bonds. The number of methoxy groups -OCH3 is 1. The van der Waals surface area contributed by atoms with Crippen molar-refractivity contribution < 1.29 is 14.3 Å². The van der Waals surface area contributed by atoms with E-state index >= 15 is 0 Å². The topological polar surface area (TPSA) is 55.4 Å². The summed E-state index contributed by atoms with van der Waals surface area (Å²) in [5, 5.41) is 3.19. The van der Waals surface area contributed by atoms with E-state index in [1.807, 2.05) is 18.2 Å². The largest absolute Gasteiger partial charge is 0.465 e. The zero-order valence-corrected chi connectivity index (χ0v) is 15.5. The minimum Gasteiger partial charge on any atom is -0.465 e. The van der Waals surface area contributed by atoms with E-state index in [1.54, 1.807) is 17.8 Å². The van der Waals surface area contributed by atoms with Crippen molar-refractivity contribution in [1.82, 2.24) is 5.32 Å². The molecule has 0 aliphatic heterocycles. The van der Waals surface area contributed by atoms with Crippen LogP contribution in [-0.4, -0.2) is 30.8 Å². The van der Waals surface area contributed by atoms with E-state index in [1.165, 1.54) is 20.0 Å². The van der Waals surface area contributed by atoms with Gasteiger partial charge >= 0.3 is 5.97 Å². The number of carbonyl (C=O) groups excluding carboxylic acids is 2. The van der Waals surface area contributed by atoms with E-state index in [0.717, 1.165) is 12.0 Å². The average Bonchev–Trinajstić information content (AvgIpc) is 2.58. The zero-order chi connectivity index (χ0) is 17.5. The predicted molar refractivity (Wildman–Crippen MR) is 98.1 cm³/mol. The Hall–Kier alpha value is -1.49. The van der Waals surface area contributed by atoms with E-state index in [0.29, 0.717) is 34.9 Å². The lowest BCUT2D eigenvalue weighted by atomic mass is 9.78. The summed E-state index contributed by atoms with van der Waals surface area (Å²) in [4.78, 5) is 23.7. The van der Waals surface area contributed by atoms with Gasteiger partial charge in [-0.1, -0.05) is 38.8 Å². The standard InChI is InChI=1S/C19H27NO3S/c1-13-6-4-9-17(14(13)2)20-18(21)12-24-11-15-7-5-8-16(10-15)19(22)23-3/h5,7-8,10,13-14,17H,4,6,9,11-12H2,1-3H3,(H,20,21)/t13-,14-,17+/m1/s1. The SMILES string of the molecule is COC(=O)c1cccc(CSCC(=O)N[C@H]2CCC[C@@H](C)[C@H]2C)c1. The number of amides is 1. The van der Waals surface area contributed by atoms with Crippen molar-refractivity contribution in [2.24, 2.45) is 11.8 Å². The molecule has 0 heterocycles. The molecule has 0 unspecified atom stereocenters. The van der Waals surface area contributed by atoms with Gasteiger partial charge in [0.2, 0.25) is 5.91 Å². The Morgan fingerprint density at radius 2 is 2.08 bits per heavy atom. The molecule has 3 atom stereocenters. The number of carbonyl (C=O) groups is 2. The summed E-state index contributed by atoms with van der Waals surface area (Å²) in [7, 11) is 1.38. The molecule has 1 N–H and O–H groups in total. The molecule has 0 radical (unpaired) electrons. The summed E-state index contributed by atoms with van der Waals surface area (Å²) >= 11 is 1.57. The van der Waals surface area contributed by atoms with Crippen molar-refractivity contribution in [2.45, 2.75) is 44.9 Å². The molecule has 1 aromatic rings. The van der Waals surface area contributed by atoms with Crippen LogP contribution in [0.15, 0.2) is 24.3 Å². The number of ether oxygens (including phenoxy) is 1. The third-order valence-corrected chi connectivity index (χ3v) is 5.91. The van der Waals surface area contributed by atoms with Crippen LogP contribution >= 0.6 is 11.8 Å². The Morgan fingerprint density at radius 1 is 1.29 bits per heavy atom. The van der Waals surface area contributed by atoms with E-state index in [9.17, 15) is 9.59 Å². The molecule has 0 saturated heterocycles. The fourth-order valence-corrected chi connectivity index (χ4v) is 3.99. The van der Waals surface area contributed by atoms with Crippen molar-refractivity contribution in [1.29, 1.82) is 0 Å². The third-order valence-electron chi connectivity index (χ3n) is 4.90. The highest BCUT2D eigenvalue weighted by atomic mass is 32.2. The molecule has 132 valence electrons. The molecule has 1 aliphatic rings. The zero-order valence-electron chi connectivity index (χ0n) is 14.7. The molecule has 2 rings (SSSR count). The summed E-state index contributed by atoms with van der Waals surface area (Å²) in [5.41, 5.74) is 1.57. The molecule has 1 aliphatic carbocycles. The number of esters is 1. The van der Waals surface area contributed by atoms with Crippen LogP contribution in [0, 0.1) is 11.8 Å². The fourth-order valence-electron chi connectivity index (χ4n) is 3.20. The highest BCUT2D eigenvalue weighted by Crippen LogP contribution is 2.29. The van der Waals surface area contributed by atoms with Gasteiger partial charge in [-0.3, -0.25) is 4.79 Å². The van der Waals surface area contributed by atoms with Gasteiger partial charge in [0.1, 0.15) is 0 Å². The van der Waals surface area contributed by atoms with Gasteiger partial charge in [0, 0.05) is 11.8 Å². The molecular weight excluding hydrogens is 322 g/mol. The van der Waals surface area contributed by atoms with Crippen LogP contribution in [0.2, 0.25) is 0 Å². The van der Waals surface area contributed by atoms with Gasteiger partial charge < -0.3 is 10.1 Å². The lowest BCUT2D eigenvalue weighted by Gasteiger charge is -2.34. The first-order chi connectivity index (χ1) is 11.5. The molecular formula is C19H27NO3S. The monoisotopic (exact) mass is 349 g/mol. The first-order valence-electron chi connectivity index (χ1n) is 8.55. The Bertz CT molecular complexity index is 575. The smallest absolute Gasteiger partial charge is 0.337 e. The first-order valence-corrected chi connectivity index (χ1v) is 9.71. The molecule has 24 heavy (non-hydrogen) atoms. The highest BCUT2D eigenvalue weighted by molar-refractivity contribution is 7.99. The Morgan fingerprint density at radius 3 is 2.83 bits per heavy atom. The maximum Gasteiger partial charge on any atom is 0.337 e. The minimum absolute atomic E-state index is 0.107. The number of nitrogens with one attached hydrogen (secondary N) is 1. The summed E-state index contributed by atoms with van der Waals surface area (Å²) < 4.78 is 4.73. The summed E-state index contributed by atoms with van der Waals surface area (Å²) in [6, 6.07) is 7.67. The van der Waals surface area contributed by atoms with Gasteiger partial charge in [-0.25, -0.2) is 4.79 Å². The van der Waals surface area contributed by atoms with Gasteiger partial charge in [-0.2, -0.15) is 0 Å². The van der Waals surface area contributed by atoms with Crippen molar-refractivity contribution in [3.63, 3.8) is 0 Å². The molecule has 1 aromatic carbocycles. The average molecular weight is 349 g/mol. The predicted octanol–water partition coefficient (Wildman–Crippen LogP) is 3.65. The summed E-state index contributed by atoms with van der Waals surface area (Å²) in [6.07, 6.45) is 3.55. The molecule has 4 nitrogen and oxygen atoms in total. The number of hydrogen-bond donors (Lipinski definition) is 1. The van der Waals surface area contributed by atoms with Crippen LogP contribution < -0.4 is 5.32 Å². The molecule has 0 spiro atoms. The van der Waals surface area contributed by atoms with Crippen molar-refractivity contribution in [3.8, 4) is 0 Å². The number of thioether (sulfide) groups is 1. The van der Waals surface area contributed by atoms with Crippen LogP contribution in [0.25, 0.3) is 0 Å². The van der Waals surface area contributed by atoms with Gasteiger partial charge in [0.05, 0.1) is 18.4 Å². The van der Waals surface area contributed by atoms with E-state index in [-0.39, 0.29) is 11.9 Å². The minimum atomic E-state index is -0.333. The van der Waals surface area contributed by atoms with E-state index < -0.39 is 0 Å². The lowest BCUT2D eigenvalue weighted by molar-refractivity contribution is -0.120. The van der Waals surface area contributed by atoms with Gasteiger partial charge in [0.25, 0.3) is 0 Å². The fraction of sp³-hybridized carbons (Fsp3) is 0.579. The molecule has 0 bridgehead atoms. The van der Waals surface area contributed by atoms with E-state index in [2.05, 4.69) is 19.2 Å². The lowest BCUT2D eigenvalue weighted by Crippen LogP contribution is -2.44. The summed E-state index contributed by atoms with van der Waals surface area (Å²) in [5.74, 6) is 2.15. The van der Waals surface area contributed by atoms with Gasteiger partial charge in [-0.05, 0) is 36.0 Å². The molecule has 1 fully saturated rings. The number of benzene rings is 1. The van der Waals surface area contributed by atoms with Crippen LogP contribution in [-0.2, 0) is 15.3 Å². The van der Waals surface area contributed by atoms with Crippen molar-refractivity contribution in [2.75, 3.05) is 12.9 Å². The van der Waals surface area contributed by atoms with Gasteiger partial charge in [0.15, 0.2) is 0 Å². The highest BCUT2D eigenvalue weighted by Gasteiger charge is 2.27. The Balaban J connectivity index is 1.77. The second kappa shape index (κ2) is 9.11. The normalized spacial score (nSPS) is 23.5. The Kier molecular flexibility index (Phi) is 7.16. The third kappa shape index (κ3) is 5.26. The first kappa shape index (κ1) is 18.8. The van der Waals surface area contributed by atoms with Crippen LogP contribution in [0.5, 0.6) is 0 Å². The van der Waals surface area contributed by atoms with Crippen LogP contribution in [0.1, 0.15) is 49.0 Å². The maximum atomic E-state index is 12.2. The van der Waals surface area contributed by atoms with Gasteiger partial charge in [-0.15, -0.1) is 11.8 Å². The molecule has 0 aromatic heterocycles. The van der Waals surface area contributed by atoms with Crippen LogP contribution in [0.3, 0.4) is 0 Å². The quantitative estimate of drug-likeness (QED) is 0.797. The van der Waals surface area contributed by atoms with E-state index in [4.69, 9.17) is 4.74 Å². The second-order valence-corrected chi connectivity index (χ2v) is 7.61. The van der Waals surface area contributed by atoms with Crippen LogP contribution in [0.4, 0.5) is 0 Å². The number of hydrogen-bond acceptors (Lipinski definition) is 4. The number of rotatable bonds is 6. The summed E-state index contributed by atoms with van der Waals surface area (Å²) in [6.45, 7) is 4.51. The van der Waals surface area contributed by atoms with Crippen molar-refractivity contribution >= 4 is 23.6 Å².